The number of aryl methyl sites for hydroxylation is 1. The number of hydrogen-bond donors (Lipinski definition) is 2. The van der Waals surface area contributed by atoms with Crippen LogP contribution in [0.3, 0.4) is 0 Å². The van der Waals surface area contributed by atoms with Gasteiger partial charge >= 0.3 is 0 Å². The van der Waals surface area contributed by atoms with Crippen molar-refractivity contribution in [3.05, 3.63) is 99.0 Å². The fourth-order valence-electron chi connectivity index (χ4n) is 9.73. The summed E-state index contributed by atoms with van der Waals surface area (Å²) in [5, 5.41) is 3.07. The number of piperazine rings is 1. The Bertz CT molecular complexity index is 2540. The van der Waals surface area contributed by atoms with Crippen LogP contribution in [0, 0.1) is 6.57 Å². The van der Waals surface area contributed by atoms with Crippen molar-refractivity contribution in [2.75, 3.05) is 49.9 Å². The summed E-state index contributed by atoms with van der Waals surface area (Å²) in [6.45, 7) is 18.6. The summed E-state index contributed by atoms with van der Waals surface area (Å²) in [6.07, 6.45) is 2.97. The highest BCUT2D eigenvalue weighted by molar-refractivity contribution is 8.00. The molecule has 302 valence electrons. The molecule has 5 amide bonds. The molecule has 2 N–H and O–H groups in total. The largest absolute Gasteiger partial charge is 0.371 e. The first-order valence-corrected chi connectivity index (χ1v) is 21.4. The average molecular weight is 812 g/mol. The molecule has 0 bridgehead atoms. The number of hydrogen-bond acceptors (Lipinski definition) is 9. The molecule has 14 heteroatoms. The summed E-state index contributed by atoms with van der Waals surface area (Å²) in [7, 11) is 0. The molecular weight excluding hydrogens is 767 g/mol. The smallest absolute Gasteiger partial charge is 0.262 e. The number of piperidine rings is 2. The normalized spacial score (nSPS) is 20.7. The maximum Gasteiger partial charge on any atom is 0.262 e. The third-order valence-corrected chi connectivity index (χ3v) is 14.0. The number of nitrogens with one attached hydrogen (secondary N) is 2. The lowest BCUT2D eigenvalue weighted by Crippen LogP contribution is -2.54. The number of carbonyl (C=O) groups excluding carboxylic acids is 6. The van der Waals surface area contributed by atoms with Crippen molar-refractivity contribution in [1.82, 2.24) is 25.0 Å². The van der Waals surface area contributed by atoms with Gasteiger partial charge in [-0.2, -0.15) is 0 Å². The van der Waals surface area contributed by atoms with Gasteiger partial charge in [-0.25, -0.2) is 4.85 Å². The zero-order valence-corrected chi connectivity index (χ0v) is 34.2. The topological polar surface area (TPSA) is 148 Å². The van der Waals surface area contributed by atoms with Crippen molar-refractivity contribution in [1.29, 1.82) is 0 Å². The van der Waals surface area contributed by atoms with E-state index in [0.29, 0.717) is 35.3 Å². The quantitative estimate of drug-likeness (QED) is 0.141. The van der Waals surface area contributed by atoms with Crippen LogP contribution in [0.1, 0.15) is 99.9 Å². The Morgan fingerprint density at radius 1 is 0.881 bits per heavy atom. The molecular formula is C45H45N7O6S. The predicted octanol–water partition coefficient (Wildman–Crippen LogP) is 5.46. The minimum Gasteiger partial charge on any atom is -0.371 e. The van der Waals surface area contributed by atoms with Crippen LogP contribution >= 0.6 is 11.8 Å². The fourth-order valence-corrected chi connectivity index (χ4v) is 10.6. The molecule has 3 saturated heterocycles. The molecule has 59 heavy (non-hydrogen) atoms. The second-order valence-electron chi connectivity index (χ2n) is 16.6. The summed E-state index contributed by atoms with van der Waals surface area (Å²) in [5.74, 6) is -1.93. The molecule has 0 spiro atoms. The number of aromatic nitrogens is 1. The number of rotatable bonds is 7. The van der Waals surface area contributed by atoms with Gasteiger partial charge in [0.25, 0.3) is 11.8 Å². The van der Waals surface area contributed by atoms with E-state index in [2.05, 4.69) is 57.8 Å². The molecule has 1 unspecified atom stereocenters. The van der Waals surface area contributed by atoms with Gasteiger partial charge in [-0.1, -0.05) is 32.9 Å². The van der Waals surface area contributed by atoms with Gasteiger partial charge in [0.05, 0.1) is 29.0 Å². The van der Waals surface area contributed by atoms with E-state index in [1.165, 1.54) is 23.0 Å². The third kappa shape index (κ3) is 6.51. The van der Waals surface area contributed by atoms with Crippen LogP contribution in [0.4, 0.5) is 11.4 Å². The highest BCUT2D eigenvalue weighted by Gasteiger charge is 2.45. The SMILES string of the molecule is [C-]#[N+]c1ccc2c3c([nH]c2c1)C(C)(C)c1cc(N2CCC(N4CCN(C(=O)CSc5ccc6c(c5)C(=O)N(C5CCC(=O)NC5=O)C6=O)CC4)CC2)c(CC)cc1C3=O. The van der Waals surface area contributed by atoms with Crippen molar-refractivity contribution < 1.29 is 28.8 Å². The summed E-state index contributed by atoms with van der Waals surface area (Å²) in [4.78, 5) is 93.4. The van der Waals surface area contributed by atoms with Crippen LogP contribution in [-0.2, 0) is 26.2 Å². The van der Waals surface area contributed by atoms with Gasteiger partial charge < -0.3 is 14.8 Å². The molecule has 1 aliphatic carbocycles. The second kappa shape index (κ2) is 14.8. The van der Waals surface area contributed by atoms with Gasteiger partial charge in [-0.05, 0) is 73.2 Å². The number of nitrogens with zero attached hydrogens (tertiary/aromatic N) is 5. The minimum absolute atomic E-state index is 0.0196. The van der Waals surface area contributed by atoms with E-state index in [9.17, 15) is 28.8 Å². The van der Waals surface area contributed by atoms with Gasteiger partial charge in [-0.3, -0.25) is 43.9 Å². The molecule has 5 aliphatic rings. The lowest BCUT2D eigenvalue weighted by atomic mass is 9.70. The number of carbonyl (C=O) groups is 6. The molecule has 3 aromatic carbocycles. The zero-order valence-electron chi connectivity index (χ0n) is 33.4. The lowest BCUT2D eigenvalue weighted by Gasteiger charge is -2.44. The molecule has 0 saturated carbocycles. The van der Waals surface area contributed by atoms with Crippen LogP contribution in [0.25, 0.3) is 15.7 Å². The van der Waals surface area contributed by atoms with Gasteiger partial charge in [0.2, 0.25) is 17.7 Å². The highest BCUT2D eigenvalue weighted by Crippen LogP contribution is 2.46. The summed E-state index contributed by atoms with van der Waals surface area (Å²) < 4.78 is 0. The summed E-state index contributed by atoms with van der Waals surface area (Å²) >= 11 is 1.32. The first-order chi connectivity index (χ1) is 28.4. The Labute approximate surface area is 346 Å². The van der Waals surface area contributed by atoms with Gasteiger partial charge in [0.1, 0.15) is 6.04 Å². The molecule has 5 heterocycles. The molecule has 13 nitrogen and oxygen atoms in total. The molecule has 4 aromatic rings. The fraction of sp³-hybridized carbons (Fsp3) is 0.400. The number of imide groups is 2. The second-order valence-corrected chi connectivity index (χ2v) is 17.7. The van der Waals surface area contributed by atoms with Crippen molar-refractivity contribution in [2.45, 2.75) is 75.3 Å². The number of fused-ring (bicyclic) bond motifs is 5. The lowest BCUT2D eigenvalue weighted by molar-refractivity contribution is -0.136. The van der Waals surface area contributed by atoms with Gasteiger partial charge in [-0.15, -0.1) is 11.8 Å². The molecule has 1 aromatic heterocycles. The zero-order chi connectivity index (χ0) is 41.3. The van der Waals surface area contributed by atoms with Gasteiger partial charge in [0.15, 0.2) is 11.5 Å². The number of thioether (sulfide) groups is 1. The van der Waals surface area contributed by atoms with E-state index < -0.39 is 35.1 Å². The van der Waals surface area contributed by atoms with Gasteiger partial charge in [0, 0.05) is 89.9 Å². The first-order valence-electron chi connectivity index (χ1n) is 20.4. The maximum absolute atomic E-state index is 14.1. The van der Waals surface area contributed by atoms with E-state index in [1.807, 2.05) is 17.0 Å². The standard InChI is InChI=1S/C45H45N7O6S/c1-5-25-20-32-33(45(2,3)41-39(40(32)55)30-8-6-26(46-4)21-34(30)47-41)23-36(25)50-14-12-27(13-15-50)49-16-18-51(19-17-49)38(54)24-59-28-7-9-29-31(22-28)44(58)52(43(29)57)35-10-11-37(53)48-42(35)56/h6-9,20-23,27,35,47H,5,10-19,24H2,1-3H3,(H,48,53,56). The van der Waals surface area contributed by atoms with E-state index in [1.54, 1.807) is 24.3 Å². The Morgan fingerprint density at radius 2 is 1.63 bits per heavy atom. The van der Waals surface area contributed by atoms with Crippen molar-refractivity contribution in [3.8, 4) is 0 Å². The van der Waals surface area contributed by atoms with Crippen LogP contribution in [0.2, 0.25) is 0 Å². The number of ketones is 1. The Balaban J connectivity index is 0.801. The molecule has 1 atom stereocenters. The van der Waals surface area contributed by atoms with Crippen LogP contribution in [0.5, 0.6) is 0 Å². The first kappa shape index (κ1) is 38.7. The summed E-state index contributed by atoms with van der Waals surface area (Å²) in [5.41, 5.74) is 7.10. The number of aromatic amines is 1. The molecule has 9 rings (SSSR count). The van der Waals surface area contributed by atoms with E-state index in [4.69, 9.17) is 6.57 Å². The van der Waals surface area contributed by atoms with Crippen molar-refractivity contribution >= 4 is 69.4 Å². The Hall–Kier alpha value is -5.78. The number of benzene rings is 3. The monoisotopic (exact) mass is 811 g/mol. The van der Waals surface area contributed by atoms with Crippen LogP contribution in [0.15, 0.2) is 53.4 Å². The Kier molecular flexibility index (Phi) is 9.71. The number of amides is 5. The predicted molar refractivity (Wildman–Crippen MR) is 223 cm³/mol. The minimum atomic E-state index is -1.02. The Morgan fingerprint density at radius 3 is 2.34 bits per heavy atom. The molecule has 4 aliphatic heterocycles. The van der Waals surface area contributed by atoms with Crippen LogP contribution < -0.4 is 10.2 Å². The van der Waals surface area contributed by atoms with E-state index in [-0.39, 0.29) is 41.4 Å². The van der Waals surface area contributed by atoms with E-state index >= 15 is 0 Å². The summed E-state index contributed by atoms with van der Waals surface area (Å²) in [6, 6.07) is 14.2. The number of anilines is 1. The van der Waals surface area contributed by atoms with Crippen molar-refractivity contribution in [3.63, 3.8) is 0 Å². The van der Waals surface area contributed by atoms with Crippen molar-refractivity contribution in [2.24, 2.45) is 0 Å². The number of H-pyrrole nitrogens is 1. The third-order valence-electron chi connectivity index (χ3n) is 13.0. The average Bonchev–Trinajstić information content (AvgIpc) is 3.76. The molecule has 3 fully saturated rings. The van der Waals surface area contributed by atoms with Crippen LogP contribution in [-0.4, -0.2) is 112 Å². The maximum atomic E-state index is 14.1. The molecule has 0 radical (unpaired) electrons. The van der Waals surface area contributed by atoms with E-state index in [0.717, 1.165) is 78.1 Å². The highest BCUT2D eigenvalue weighted by atomic mass is 32.2.